The molecular weight excluding hydrogens is 304 g/mol. The molecule has 1 aromatic carbocycles. The number of aryl methyl sites for hydroxylation is 5. The fourth-order valence-corrected chi connectivity index (χ4v) is 3.99. The Morgan fingerprint density at radius 2 is 1.44 bits per heavy atom. The predicted octanol–water partition coefficient (Wildman–Crippen LogP) is 5.55. The topological polar surface area (TPSA) is 8.82 Å². The highest BCUT2D eigenvalue weighted by molar-refractivity contribution is 5.66. The summed E-state index contributed by atoms with van der Waals surface area (Å²) in [7, 11) is 0. The molecule has 0 aliphatic heterocycles. The number of hydrogen-bond donors (Lipinski definition) is 0. The fourth-order valence-electron chi connectivity index (χ4n) is 3.99. The van der Waals surface area contributed by atoms with E-state index < -0.39 is 0 Å². The van der Waals surface area contributed by atoms with Crippen molar-refractivity contribution >= 4 is 11.2 Å². The lowest BCUT2D eigenvalue weighted by molar-refractivity contribution is 0.834. The molecule has 4 aromatic rings. The summed E-state index contributed by atoms with van der Waals surface area (Å²) in [5.41, 5.74) is 9.61. The lowest BCUT2D eigenvalue weighted by atomic mass is 10.1. The van der Waals surface area contributed by atoms with Crippen LogP contribution < -0.4 is 0 Å². The zero-order chi connectivity index (χ0) is 17.4. The van der Waals surface area contributed by atoms with Crippen molar-refractivity contribution < 1.29 is 0 Å². The highest BCUT2D eigenvalue weighted by Crippen LogP contribution is 2.25. The molecule has 0 bridgehead atoms. The van der Waals surface area contributed by atoms with Crippen LogP contribution >= 0.6 is 0 Å². The average molecular weight is 330 g/mol. The van der Waals surface area contributed by atoms with Crippen molar-refractivity contribution in [3.63, 3.8) is 0 Å². The summed E-state index contributed by atoms with van der Waals surface area (Å²) in [4.78, 5) is 0. The number of hydrogen-bond acceptors (Lipinski definition) is 0. The second kappa shape index (κ2) is 6.44. The van der Waals surface area contributed by atoms with Gasteiger partial charge < -0.3 is 4.40 Å². The molecule has 4 rings (SSSR count). The van der Waals surface area contributed by atoms with Crippen LogP contribution in [0.25, 0.3) is 11.2 Å². The third kappa shape index (κ3) is 2.66. The molecule has 0 radical (unpaired) electrons. The molecular formula is C23H26N2. The maximum absolute atomic E-state index is 2.46. The Balaban J connectivity index is 1.84. The third-order valence-electron chi connectivity index (χ3n) is 5.41. The molecule has 0 unspecified atom stereocenters. The van der Waals surface area contributed by atoms with Crippen LogP contribution in [-0.4, -0.2) is 8.80 Å². The summed E-state index contributed by atoms with van der Waals surface area (Å²) >= 11 is 0. The molecule has 3 heterocycles. The first-order valence-corrected chi connectivity index (χ1v) is 9.34. The van der Waals surface area contributed by atoms with Crippen molar-refractivity contribution in [2.24, 2.45) is 0 Å². The van der Waals surface area contributed by atoms with E-state index in [4.69, 9.17) is 0 Å². The molecule has 0 saturated carbocycles. The Morgan fingerprint density at radius 3 is 2.20 bits per heavy atom. The first-order chi connectivity index (χ1) is 12.2. The molecule has 0 atom stereocenters. The van der Waals surface area contributed by atoms with Gasteiger partial charge in [0.1, 0.15) is 5.65 Å². The number of fused-ring (bicyclic) bond motifs is 3. The van der Waals surface area contributed by atoms with E-state index in [2.05, 4.69) is 84.2 Å². The average Bonchev–Trinajstić information content (AvgIpc) is 3.23. The molecule has 128 valence electrons. The highest BCUT2D eigenvalue weighted by atomic mass is 15.1. The van der Waals surface area contributed by atoms with Gasteiger partial charge >= 0.3 is 0 Å². The van der Waals surface area contributed by atoms with Crippen LogP contribution in [0.2, 0.25) is 0 Å². The molecule has 0 fully saturated rings. The molecule has 25 heavy (non-hydrogen) atoms. The van der Waals surface area contributed by atoms with E-state index >= 15 is 0 Å². The molecule has 0 aliphatic rings. The van der Waals surface area contributed by atoms with Gasteiger partial charge in [-0.05, 0) is 68.5 Å². The van der Waals surface area contributed by atoms with Gasteiger partial charge in [0.25, 0.3) is 0 Å². The normalized spacial score (nSPS) is 11.6. The van der Waals surface area contributed by atoms with Gasteiger partial charge in [-0.1, -0.05) is 43.7 Å². The van der Waals surface area contributed by atoms with Gasteiger partial charge in [-0.3, -0.25) is 4.40 Å². The Labute approximate surface area is 149 Å². The first-order valence-electron chi connectivity index (χ1n) is 9.34. The minimum Gasteiger partial charge on any atom is -0.304 e. The first kappa shape index (κ1) is 16.0. The molecule has 0 amide bonds. The molecule has 0 saturated heterocycles. The van der Waals surface area contributed by atoms with Gasteiger partial charge in [-0.2, -0.15) is 0 Å². The second-order valence-corrected chi connectivity index (χ2v) is 7.01. The van der Waals surface area contributed by atoms with Gasteiger partial charge in [-0.15, -0.1) is 0 Å². The second-order valence-electron chi connectivity index (χ2n) is 7.01. The lowest BCUT2D eigenvalue weighted by Gasteiger charge is -2.14. The predicted molar refractivity (Wildman–Crippen MR) is 106 cm³/mol. The van der Waals surface area contributed by atoms with E-state index in [9.17, 15) is 0 Å². The number of rotatable bonds is 5. The smallest absolute Gasteiger partial charge is 0.122 e. The summed E-state index contributed by atoms with van der Waals surface area (Å²) in [5.74, 6) is 0. The van der Waals surface area contributed by atoms with Crippen LogP contribution in [0.5, 0.6) is 0 Å². The van der Waals surface area contributed by atoms with Crippen molar-refractivity contribution in [2.75, 3.05) is 0 Å². The van der Waals surface area contributed by atoms with Crippen LogP contribution in [0, 0.1) is 13.8 Å². The van der Waals surface area contributed by atoms with Crippen LogP contribution in [0.15, 0.2) is 54.6 Å². The monoisotopic (exact) mass is 330 g/mol. The summed E-state index contributed by atoms with van der Waals surface area (Å²) in [5, 5.41) is 0. The maximum Gasteiger partial charge on any atom is 0.122 e. The zero-order valence-electron chi connectivity index (χ0n) is 15.4. The van der Waals surface area contributed by atoms with Crippen molar-refractivity contribution in [1.82, 2.24) is 8.80 Å². The summed E-state index contributed by atoms with van der Waals surface area (Å²) in [6.45, 7) is 6.75. The Kier molecular flexibility index (Phi) is 4.12. The van der Waals surface area contributed by atoms with Crippen LogP contribution in [0.3, 0.4) is 0 Å². The SMILES string of the molecule is CCCc1ccc2n1c(C)c(C)c1ccc(CCc3ccccc3)n12. The van der Waals surface area contributed by atoms with Crippen molar-refractivity contribution in [3.8, 4) is 0 Å². The molecule has 2 heteroatoms. The van der Waals surface area contributed by atoms with Crippen LogP contribution in [-0.2, 0) is 19.3 Å². The van der Waals surface area contributed by atoms with Gasteiger partial charge in [0.2, 0.25) is 0 Å². The Hall–Kier alpha value is -2.48. The van der Waals surface area contributed by atoms with Gasteiger partial charge in [0, 0.05) is 17.1 Å². The van der Waals surface area contributed by atoms with E-state index in [1.54, 1.807) is 0 Å². The maximum atomic E-state index is 2.46. The molecule has 0 spiro atoms. The fraction of sp³-hybridized carbons (Fsp3) is 0.304. The van der Waals surface area contributed by atoms with Gasteiger partial charge in [0.15, 0.2) is 0 Å². The highest BCUT2D eigenvalue weighted by Gasteiger charge is 2.14. The zero-order valence-corrected chi connectivity index (χ0v) is 15.4. The molecule has 0 N–H and O–H groups in total. The summed E-state index contributed by atoms with van der Waals surface area (Å²) in [6, 6.07) is 20.0. The molecule has 0 aliphatic carbocycles. The summed E-state index contributed by atoms with van der Waals surface area (Å²) < 4.78 is 4.92. The van der Waals surface area contributed by atoms with E-state index in [0.717, 1.165) is 19.3 Å². The van der Waals surface area contributed by atoms with Gasteiger partial charge in [-0.25, -0.2) is 0 Å². The van der Waals surface area contributed by atoms with E-state index in [0.29, 0.717) is 0 Å². The summed E-state index contributed by atoms with van der Waals surface area (Å²) in [6.07, 6.45) is 4.44. The van der Waals surface area contributed by atoms with E-state index in [1.165, 1.54) is 45.8 Å². The molecule has 3 aromatic heterocycles. The minimum atomic E-state index is 1.06. The minimum absolute atomic E-state index is 1.06. The number of benzene rings is 1. The van der Waals surface area contributed by atoms with Crippen LogP contribution in [0.4, 0.5) is 0 Å². The van der Waals surface area contributed by atoms with Gasteiger partial charge in [0.05, 0.1) is 5.52 Å². The largest absolute Gasteiger partial charge is 0.304 e. The number of aromatic nitrogens is 2. The van der Waals surface area contributed by atoms with E-state index in [-0.39, 0.29) is 0 Å². The molecule has 2 nitrogen and oxygen atoms in total. The third-order valence-corrected chi connectivity index (χ3v) is 5.41. The standard InChI is InChI=1S/C23H26N2/c1-4-8-20-14-16-23-24(20)18(3)17(2)22-15-13-21(25(22)23)12-11-19-9-6-5-7-10-19/h5-7,9-10,13-16H,4,8,11-12H2,1-3H3. The lowest BCUT2D eigenvalue weighted by Crippen LogP contribution is -2.06. The number of nitrogens with zero attached hydrogens (tertiary/aromatic N) is 2. The quantitative estimate of drug-likeness (QED) is 0.454. The Morgan fingerprint density at radius 1 is 0.720 bits per heavy atom. The van der Waals surface area contributed by atoms with E-state index in [1.807, 2.05) is 0 Å². The van der Waals surface area contributed by atoms with Crippen LogP contribution in [0.1, 0.15) is 41.6 Å². The van der Waals surface area contributed by atoms with Crippen molar-refractivity contribution in [1.29, 1.82) is 0 Å². The van der Waals surface area contributed by atoms with Crippen molar-refractivity contribution in [2.45, 2.75) is 46.5 Å². The van der Waals surface area contributed by atoms with Crippen molar-refractivity contribution in [3.05, 3.63) is 82.8 Å². The Bertz CT molecular complexity index is 1020.